The molecule has 0 aliphatic heterocycles. The molecule has 0 radical (unpaired) electrons. The van der Waals surface area contributed by atoms with Crippen LogP contribution < -0.4 is 5.32 Å². The van der Waals surface area contributed by atoms with Gasteiger partial charge in [0.25, 0.3) is 0 Å². The number of ketones is 1. The average Bonchev–Trinajstić information content (AvgIpc) is 2.37. The maximum atomic E-state index is 11.5. The molecule has 0 aromatic heterocycles. The Kier molecular flexibility index (Phi) is 7.30. The molecule has 3 heteroatoms. The zero-order valence-corrected chi connectivity index (χ0v) is 11.3. The first kappa shape index (κ1) is 14.9. The number of rotatable bonds is 9. The van der Waals surface area contributed by atoms with Gasteiger partial charge in [-0.3, -0.25) is 4.79 Å². The quantitative estimate of drug-likeness (QED) is 0.684. The molecule has 1 rings (SSSR count). The smallest absolute Gasteiger partial charge is 0.146 e. The first-order valence-electron chi connectivity index (χ1n) is 6.55. The van der Waals surface area contributed by atoms with Gasteiger partial charge in [0.15, 0.2) is 0 Å². The zero-order chi connectivity index (χ0) is 13.2. The average molecular weight is 249 g/mol. The predicted molar refractivity (Wildman–Crippen MR) is 73.5 cm³/mol. The van der Waals surface area contributed by atoms with Crippen LogP contribution in [-0.2, 0) is 16.1 Å². The SMILES string of the molecule is CC(C)NCC(=O)CCCOCc1ccccc1. The molecular formula is C15H23NO2. The maximum absolute atomic E-state index is 11.5. The van der Waals surface area contributed by atoms with Crippen LogP contribution in [-0.4, -0.2) is 25.0 Å². The van der Waals surface area contributed by atoms with Crippen LogP contribution in [0.25, 0.3) is 0 Å². The Bertz CT molecular complexity index is 336. The standard InChI is InChI=1S/C15H23NO2/c1-13(2)16-11-15(17)9-6-10-18-12-14-7-4-3-5-8-14/h3-5,7-8,13,16H,6,9-12H2,1-2H3. The van der Waals surface area contributed by atoms with Crippen molar-refractivity contribution in [1.29, 1.82) is 0 Å². The summed E-state index contributed by atoms with van der Waals surface area (Å²) in [4.78, 5) is 11.5. The van der Waals surface area contributed by atoms with Crippen LogP contribution in [0.4, 0.5) is 0 Å². The van der Waals surface area contributed by atoms with Crippen molar-refractivity contribution in [3.63, 3.8) is 0 Å². The zero-order valence-electron chi connectivity index (χ0n) is 11.3. The lowest BCUT2D eigenvalue weighted by Crippen LogP contribution is -2.29. The second-order valence-electron chi connectivity index (χ2n) is 4.72. The van der Waals surface area contributed by atoms with Crippen LogP contribution in [0.15, 0.2) is 30.3 Å². The summed E-state index contributed by atoms with van der Waals surface area (Å²) in [7, 11) is 0. The second kappa shape index (κ2) is 8.84. The van der Waals surface area contributed by atoms with E-state index in [1.165, 1.54) is 5.56 Å². The van der Waals surface area contributed by atoms with E-state index in [0.717, 1.165) is 6.42 Å². The summed E-state index contributed by atoms with van der Waals surface area (Å²) in [6.07, 6.45) is 1.39. The van der Waals surface area contributed by atoms with Crippen LogP contribution in [0.2, 0.25) is 0 Å². The molecule has 3 nitrogen and oxygen atoms in total. The van der Waals surface area contributed by atoms with E-state index < -0.39 is 0 Å². The highest BCUT2D eigenvalue weighted by atomic mass is 16.5. The monoisotopic (exact) mass is 249 g/mol. The molecule has 0 saturated heterocycles. The number of nitrogens with one attached hydrogen (secondary N) is 1. The largest absolute Gasteiger partial charge is 0.377 e. The van der Waals surface area contributed by atoms with Crippen LogP contribution in [0.1, 0.15) is 32.3 Å². The Morgan fingerprint density at radius 1 is 1.28 bits per heavy atom. The third kappa shape index (κ3) is 7.20. The summed E-state index contributed by atoms with van der Waals surface area (Å²) in [5, 5.41) is 3.12. The number of benzene rings is 1. The highest BCUT2D eigenvalue weighted by Crippen LogP contribution is 2.01. The number of ether oxygens (including phenoxy) is 1. The van der Waals surface area contributed by atoms with Crippen molar-refractivity contribution in [3.05, 3.63) is 35.9 Å². The van der Waals surface area contributed by atoms with Crippen LogP contribution in [0, 0.1) is 0 Å². The van der Waals surface area contributed by atoms with Crippen LogP contribution in [0.3, 0.4) is 0 Å². The van der Waals surface area contributed by atoms with Crippen LogP contribution in [0.5, 0.6) is 0 Å². The first-order valence-corrected chi connectivity index (χ1v) is 6.55. The molecular weight excluding hydrogens is 226 g/mol. The molecule has 1 aromatic carbocycles. The van der Waals surface area contributed by atoms with Gasteiger partial charge >= 0.3 is 0 Å². The maximum Gasteiger partial charge on any atom is 0.146 e. The van der Waals surface area contributed by atoms with Gasteiger partial charge in [-0.1, -0.05) is 44.2 Å². The van der Waals surface area contributed by atoms with E-state index >= 15 is 0 Å². The van der Waals surface area contributed by atoms with Gasteiger partial charge in [0.2, 0.25) is 0 Å². The number of hydrogen-bond donors (Lipinski definition) is 1. The number of carbonyl (C=O) groups is 1. The minimum atomic E-state index is 0.256. The molecule has 0 aliphatic carbocycles. The molecule has 100 valence electrons. The van der Waals surface area contributed by atoms with Gasteiger partial charge in [0.05, 0.1) is 13.2 Å². The summed E-state index contributed by atoms with van der Waals surface area (Å²) in [5.74, 6) is 0.256. The van der Waals surface area contributed by atoms with Gasteiger partial charge in [0.1, 0.15) is 5.78 Å². The van der Waals surface area contributed by atoms with Crippen molar-refractivity contribution in [2.45, 2.75) is 39.3 Å². The summed E-state index contributed by atoms with van der Waals surface area (Å²) >= 11 is 0. The lowest BCUT2D eigenvalue weighted by Gasteiger charge is -2.07. The van der Waals surface area contributed by atoms with Crippen molar-refractivity contribution in [1.82, 2.24) is 5.32 Å². The molecule has 0 fully saturated rings. The summed E-state index contributed by atoms with van der Waals surface area (Å²) < 4.78 is 5.52. The number of hydrogen-bond acceptors (Lipinski definition) is 3. The van der Waals surface area contributed by atoms with Crippen molar-refractivity contribution in [3.8, 4) is 0 Å². The van der Waals surface area contributed by atoms with Gasteiger partial charge < -0.3 is 10.1 Å². The van der Waals surface area contributed by atoms with E-state index in [-0.39, 0.29) is 5.78 Å². The summed E-state index contributed by atoms with van der Waals surface area (Å²) in [6.45, 7) is 5.81. The highest BCUT2D eigenvalue weighted by Gasteiger charge is 2.02. The molecule has 0 aliphatic rings. The fraction of sp³-hybridized carbons (Fsp3) is 0.533. The first-order chi connectivity index (χ1) is 8.68. The van der Waals surface area contributed by atoms with E-state index in [1.54, 1.807) is 0 Å². The lowest BCUT2D eigenvalue weighted by molar-refractivity contribution is -0.118. The number of Topliss-reactive ketones (excluding diaryl/α,β-unsaturated/α-hetero) is 1. The molecule has 0 bridgehead atoms. The molecule has 0 saturated carbocycles. The van der Waals surface area contributed by atoms with Gasteiger partial charge in [-0.25, -0.2) is 0 Å². The Balaban J connectivity index is 2.00. The number of carbonyl (C=O) groups excluding carboxylic acids is 1. The minimum Gasteiger partial charge on any atom is -0.377 e. The van der Waals surface area contributed by atoms with Crippen LogP contribution >= 0.6 is 0 Å². The van der Waals surface area contributed by atoms with Gasteiger partial charge in [-0.05, 0) is 12.0 Å². The lowest BCUT2D eigenvalue weighted by atomic mass is 10.2. The highest BCUT2D eigenvalue weighted by molar-refractivity contribution is 5.80. The normalized spacial score (nSPS) is 10.8. The molecule has 0 atom stereocenters. The van der Waals surface area contributed by atoms with Crippen molar-refractivity contribution in [2.75, 3.05) is 13.2 Å². The van der Waals surface area contributed by atoms with Gasteiger partial charge in [0, 0.05) is 19.1 Å². The van der Waals surface area contributed by atoms with E-state index in [1.807, 2.05) is 44.2 Å². The topological polar surface area (TPSA) is 38.3 Å². The molecule has 18 heavy (non-hydrogen) atoms. The fourth-order valence-electron chi connectivity index (χ4n) is 1.54. The third-order valence-electron chi connectivity index (χ3n) is 2.56. The molecule has 1 N–H and O–H groups in total. The minimum absolute atomic E-state index is 0.256. The summed E-state index contributed by atoms with van der Waals surface area (Å²) in [6, 6.07) is 10.4. The van der Waals surface area contributed by atoms with E-state index in [2.05, 4.69) is 5.32 Å². The van der Waals surface area contributed by atoms with Gasteiger partial charge in [-0.2, -0.15) is 0 Å². The van der Waals surface area contributed by atoms with Crippen molar-refractivity contribution in [2.24, 2.45) is 0 Å². The third-order valence-corrected chi connectivity index (χ3v) is 2.56. The Hall–Kier alpha value is -1.19. The molecule has 0 amide bonds. The van der Waals surface area contributed by atoms with E-state index in [0.29, 0.717) is 32.2 Å². The van der Waals surface area contributed by atoms with Crippen molar-refractivity contribution >= 4 is 5.78 Å². The Morgan fingerprint density at radius 2 is 2.00 bits per heavy atom. The Labute approximate surface area is 110 Å². The van der Waals surface area contributed by atoms with Gasteiger partial charge in [-0.15, -0.1) is 0 Å². The molecule has 0 unspecified atom stereocenters. The fourth-order valence-corrected chi connectivity index (χ4v) is 1.54. The molecule has 1 aromatic rings. The molecule has 0 spiro atoms. The predicted octanol–water partition coefficient (Wildman–Crippen LogP) is 2.55. The second-order valence-corrected chi connectivity index (χ2v) is 4.72. The molecule has 0 heterocycles. The van der Waals surface area contributed by atoms with E-state index in [9.17, 15) is 4.79 Å². The van der Waals surface area contributed by atoms with Crippen molar-refractivity contribution < 1.29 is 9.53 Å². The van der Waals surface area contributed by atoms with E-state index in [4.69, 9.17) is 4.74 Å². The summed E-state index contributed by atoms with van der Waals surface area (Å²) in [5.41, 5.74) is 1.17. The Morgan fingerprint density at radius 3 is 2.67 bits per heavy atom.